The summed E-state index contributed by atoms with van der Waals surface area (Å²) in [6, 6.07) is 7.94. The lowest BCUT2D eigenvalue weighted by Gasteiger charge is -2.34. The number of nitrogens with one attached hydrogen (secondary N) is 1. The first-order valence-corrected chi connectivity index (χ1v) is 9.24. The van der Waals surface area contributed by atoms with Crippen LogP contribution in [0.25, 0.3) is 0 Å². The van der Waals surface area contributed by atoms with E-state index in [-0.39, 0.29) is 5.91 Å². The molecule has 3 rings (SSSR count). The molecule has 1 fully saturated rings. The zero-order valence-electron chi connectivity index (χ0n) is 14.3. The van der Waals surface area contributed by atoms with Gasteiger partial charge in [0.25, 0.3) is 5.91 Å². The van der Waals surface area contributed by atoms with Crippen molar-refractivity contribution in [1.82, 2.24) is 15.2 Å². The van der Waals surface area contributed by atoms with Crippen molar-refractivity contribution >= 4 is 23.1 Å². The lowest BCUT2D eigenvalue weighted by Crippen LogP contribution is -2.46. The molecule has 0 radical (unpaired) electrons. The predicted molar refractivity (Wildman–Crippen MR) is 98.8 cm³/mol. The summed E-state index contributed by atoms with van der Waals surface area (Å²) in [5.74, 6) is 1.00. The Morgan fingerprint density at radius 3 is 2.58 bits per heavy atom. The number of thiophene rings is 1. The molecular formula is C18H24N4OS. The summed E-state index contributed by atoms with van der Waals surface area (Å²) in [4.78, 5) is 23.3. The minimum absolute atomic E-state index is 0.0205. The first-order chi connectivity index (χ1) is 11.7. The average molecular weight is 344 g/mol. The van der Waals surface area contributed by atoms with E-state index < -0.39 is 0 Å². The Labute approximate surface area is 147 Å². The second-order valence-corrected chi connectivity index (χ2v) is 7.33. The normalized spacial score (nSPS) is 15.5. The van der Waals surface area contributed by atoms with Crippen LogP contribution in [0.4, 0.5) is 5.82 Å². The van der Waals surface area contributed by atoms with E-state index in [9.17, 15) is 4.79 Å². The van der Waals surface area contributed by atoms with E-state index in [0.29, 0.717) is 6.54 Å². The van der Waals surface area contributed by atoms with Gasteiger partial charge in [-0.1, -0.05) is 13.0 Å². The average Bonchev–Trinajstić information content (AvgIpc) is 3.07. The minimum Gasteiger partial charge on any atom is -0.354 e. The molecule has 0 atom stereocenters. The fourth-order valence-electron chi connectivity index (χ4n) is 2.83. The van der Waals surface area contributed by atoms with Crippen LogP contribution in [-0.4, -0.2) is 48.5 Å². The summed E-state index contributed by atoms with van der Waals surface area (Å²) >= 11 is 1.52. The van der Waals surface area contributed by atoms with E-state index in [1.807, 2.05) is 25.3 Å². The van der Waals surface area contributed by atoms with Gasteiger partial charge in [-0.25, -0.2) is 4.98 Å². The van der Waals surface area contributed by atoms with E-state index in [1.54, 1.807) is 0 Å². The number of amides is 1. The first-order valence-electron chi connectivity index (χ1n) is 8.42. The molecular weight excluding hydrogens is 320 g/mol. The highest BCUT2D eigenvalue weighted by Crippen LogP contribution is 2.16. The molecule has 1 N–H and O–H groups in total. The fourth-order valence-corrected chi connectivity index (χ4v) is 3.61. The number of likely N-dealkylation sites (N-methyl/N-ethyl adjacent to an activating group) is 1. The molecule has 2 aromatic rings. The standard InChI is InChI=1S/C18H24N4OS/c1-3-21-8-10-22(11-9-21)17-7-5-15(12-19-17)13-20-18(23)16-6-4-14(2)24-16/h4-7,12H,3,8-11,13H2,1-2H3,(H,20,23). The molecule has 1 aliphatic rings. The van der Waals surface area contributed by atoms with Crippen LogP contribution >= 0.6 is 11.3 Å². The Kier molecular flexibility index (Phi) is 5.48. The molecule has 5 nitrogen and oxygen atoms in total. The topological polar surface area (TPSA) is 48.5 Å². The van der Waals surface area contributed by atoms with Crippen molar-refractivity contribution in [2.75, 3.05) is 37.6 Å². The summed E-state index contributed by atoms with van der Waals surface area (Å²) < 4.78 is 0. The number of carbonyl (C=O) groups is 1. The first kappa shape index (κ1) is 16.9. The third kappa shape index (κ3) is 4.13. The van der Waals surface area contributed by atoms with Crippen molar-refractivity contribution in [1.29, 1.82) is 0 Å². The van der Waals surface area contributed by atoms with Crippen LogP contribution in [0.1, 0.15) is 27.0 Å². The van der Waals surface area contributed by atoms with Crippen LogP contribution in [0.15, 0.2) is 30.5 Å². The Morgan fingerprint density at radius 2 is 2.00 bits per heavy atom. The van der Waals surface area contributed by atoms with Gasteiger partial charge in [-0.2, -0.15) is 0 Å². The van der Waals surface area contributed by atoms with Gasteiger partial charge in [0.1, 0.15) is 5.82 Å². The molecule has 24 heavy (non-hydrogen) atoms. The smallest absolute Gasteiger partial charge is 0.261 e. The second-order valence-electron chi connectivity index (χ2n) is 6.04. The van der Waals surface area contributed by atoms with Gasteiger partial charge in [0.15, 0.2) is 0 Å². The highest BCUT2D eigenvalue weighted by atomic mass is 32.1. The van der Waals surface area contributed by atoms with Gasteiger partial charge >= 0.3 is 0 Å². The summed E-state index contributed by atoms with van der Waals surface area (Å²) in [5, 5.41) is 2.95. The Morgan fingerprint density at radius 1 is 1.21 bits per heavy atom. The summed E-state index contributed by atoms with van der Waals surface area (Å²) in [5.41, 5.74) is 1.02. The van der Waals surface area contributed by atoms with E-state index >= 15 is 0 Å². The van der Waals surface area contributed by atoms with E-state index in [0.717, 1.165) is 53.9 Å². The van der Waals surface area contributed by atoms with Crippen molar-refractivity contribution in [3.05, 3.63) is 45.8 Å². The van der Waals surface area contributed by atoms with E-state index in [1.165, 1.54) is 11.3 Å². The number of rotatable bonds is 5. The number of nitrogens with zero attached hydrogens (tertiary/aromatic N) is 3. The molecule has 1 amide bonds. The molecule has 0 saturated carbocycles. The lowest BCUT2D eigenvalue weighted by atomic mass is 10.2. The van der Waals surface area contributed by atoms with Gasteiger partial charge in [0, 0.05) is 43.8 Å². The number of hydrogen-bond donors (Lipinski definition) is 1. The Hall–Kier alpha value is -1.92. The largest absolute Gasteiger partial charge is 0.354 e. The van der Waals surface area contributed by atoms with Crippen molar-refractivity contribution in [3.63, 3.8) is 0 Å². The number of hydrogen-bond acceptors (Lipinski definition) is 5. The van der Waals surface area contributed by atoms with Crippen LogP contribution < -0.4 is 10.2 Å². The van der Waals surface area contributed by atoms with Crippen molar-refractivity contribution in [2.24, 2.45) is 0 Å². The molecule has 6 heteroatoms. The molecule has 3 heterocycles. The number of aromatic nitrogens is 1. The Bertz CT molecular complexity index is 675. The summed E-state index contributed by atoms with van der Waals surface area (Å²) in [7, 11) is 0. The molecule has 1 saturated heterocycles. The zero-order chi connectivity index (χ0) is 16.9. The van der Waals surface area contributed by atoms with Crippen LogP contribution in [-0.2, 0) is 6.54 Å². The van der Waals surface area contributed by atoms with Crippen LogP contribution in [0.2, 0.25) is 0 Å². The third-order valence-electron chi connectivity index (χ3n) is 4.37. The quantitative estimate of drug-likeness (QED) is 0.905. The summed E-state index contributed by atoms with van der Waals surface area (Å²) in [6.07, 6.45) is 1.86. The third-order valence-corrected chi connectivity index (χ3v) is 5.37. The van der Waals surface area contributed by atoms with Gasteiger partial charge in [0.05, 0.1) is 4.88 Å². The molecule has 0 spiro atoms. The number of piperazine rings is 1. The van der Waals surface area contributed by atoms with Crippen LogP contribution in [0.5, 0.6) is 0 Å². The molecule has 0 unspecified atom stereocenters. The monoisotopic (exact) mass is 344 g/mol. The van der Waals surface area contributed by atoms with E-state index in [2.05, 4.69) is 39.2 Å². The van der Waals surface area contributed by atoms with Crippen molar-refractivity contribution in [3.8, 4) is 0 Å². The predicted octanol–water partition coefficient (Wildman–Crippen LogP) is 2.52. The fraction of sp³-hybridized carbons (Fsp3) is 0.444. The van der Waals surface area contributed by atoms with Gasteiger partial charge in [0.2, 0.25) is 0 Å². The summed E-state index contributed by atoms with van der Waals surface area (Å²) in [6.45, 7) is 10.1. The Balaban J connectivity index is 1.52. The van der Waals surface area contributed by atoms with Gasteiger partial charge in [-0.15, -0.1) is 11.3 Å². The van der Waals surface area contributed by atoms with Gasteiger partial charge < -0.3 is 15.1 Å². The number of anilines is 1. The maximum Gasteiger partial charge on any atom is 0.261 e. The second kappa shape index (κ2) is 7.77. The SMILES string of the molecule is CCN1CCN(c2ccc(CNC(=O)c3ccc(C)s3)cn2)CC1. The molecule has 0 bridgehead atoms. The molecule has 1 aliphatic heterocycles. The molecule has 128 valence electrons. The van der Waals surface area contributed by atoms with Gasteiger partial charge in [-0.3, -0.25) is 4.79 Å². The molecule has 0 aromatic carbocycles. The lowest BCUT2D eigenvalue weighted by molar-refractivity contribution is 0.0955. The maximum absolute atomic E-state index is 12.1. The van der Waals surface area contributed by atoms with Gasteiger partial charge in [-0.05, 0) is 37.2 Å². The number of pyridine rings is 1. The van der Waals surface area contributed by atoms with Crippen LogP contribution in [0, 0.1) is 6.92 Å². The molecule has 0 aliphatic carbocycles. The van der Waals surface area contributed by atoms with Crippen molar-refractivity contribution in [2.45, 2.75) is 20.4 Å². The van der Waals surface area contributed by atoms with E-state index in [4.69, 9.17) is 0 Å². The highest BCUT2D eigenvalue weighted by molar-refractivity contribution is 7.13. The van der Waals surface area contributed by atoms with Crippen LogP contribution in [0.3, 0.4) is 0 Å². The maximum atomic E-state index is 12.1. The number of carbonyl (C=O) groups excluding carboxylic acids is 1. The van der Waals surface area contributed by atoms with Crippen molar-refractivity contribution < 1.29 is 4.79 Å². The minimum atomic E-state index is -0.0205. The molecule has 2 aromatic heterocycles. The highest BCUT2D eigenvalue weighted by Gasteiger charge is 2.16. The number of aryl methyl sites for hydroxylation is 1. The zero-order valence-corrected chi connectivity index (χ0v) is 15.1.